The highest BCUT2D eigenvalue weighted by Crippen LogP contribution is 2.16. The molecular weight excluding hydrogens is 403 g/mol. The molecule has 0 aromatic carbocycles. The third-order valence-electron chi connectivity index (χ3n) is 2.40. The zero-order valence-corrected chi connectivity index (χ0v) is 15.5. The van der Waals surface area contributed by atoms with Crippen molar-refractivity contribution < 1.29 is 26.3 Å². The van der Waals surface area contributed by atoms with Crippen LogP contribution < -0.4 is 9.47 Å². The quantitative estimate of drug-likeness (QED) is 0.698. The van der Waals surface area contributed by atoms with Gasteiger partial charge in [0, 0.05) is 33.5 Å². The molecule has 0 aliphatic rings. The molecule has 2 aromatic heterocycles. The smallest absolute Gasteiger partial charge is 0.262 e. The number of halogens is 2. The van der Waals surface area contributed by atoms with Crippen molar-refractivity contribution in [2.24, 2.45) is 0 Å². The molecule has 12 heteroatoms. The van der Waals surface area contributed by atoms with Crippen LogP contribution in [0, 0.1) is 0 Å². The summed E-state index contributed by atoms with van der Waals surface area (Å²) in [5.74, 6) is 0.693. The van der Waals surface area contributed by atoms with E-state index in [0.717, 1.165) is 12.4 Å². The second-order valence-electron chi connectivity index (χ2n) is 3.95. The molecule has 0 amide bonds. The Balaban J connectivity index is 0.000000240. The van der Waals surface area contributed by atoms with Gasteiger partial charge in [-0.2, -0.15) is 0 Å². The van der Waals surface area contributed by atoms with Crippen molar-refractivity contribution in [2.45, 2.75) is 9.79 Å². The second kappa shape index (κ2) is 8.47. The second-order valence-corrected chi connectivity index (χ2v) is 9.08. The van der Waals surface area contributed by atoms with Crippen LogP contribution >= 0.6 is 21.4 Å². The van der Waals surface area contributed by atoms with Crippen LogP contribution in [0.5, 0.6) is 11.8 Å². The normalized spacial score (nSPS) is 11.2. The molecule has 24 heavy (non-hydrogen) atoms. The van der Waals surface area contributed by atoms with E-state index in [9.17, 15) is 16.8 Å². The number of aromatic nitrogens is 2. The molecule has 0 aliphatic heterocycles. The SMILES string of the molecule is COc1ccc(S(=O)(=O)Cl)cn1.COc1ccc(S(=O)(=O)Cl)cn1. The lowest BCUT2D eigenvalue weighted by Gasteiger charge is -1.97. The average molecular weight is 415 g/mol. The maximum atomic E-state index is 10.7. The summed E-state index contributed by atoms with van der Waals surface area (Å²) in [5.41, 5.74) is 0. The monoisotopic (exact) mass is 414 g/mol. The van der Waals surface area contributed by atoms with Crippen LogP contribution in [0.4, 0.5) is 0 Å². The van der Waals surface area contributed by atoms with Crippen molar-refractivity contribution in [3.8, 4) is 11.8 Å². The molecule has 8 nitrogen and oxygen atoms in total. The van der Waals surface area contributed by atoms with Gasteiger partial charge in [-0.15, -0.1) is 0 Å². The maximum absolute atomic E-state index is 10.7. The highest BCUT2D eigenvalue weighted by molar-refractivity contribution is 8.14. The van der Waals surface area contributed by atoms with Gasteiger partial charge in [0.2, 0.25) is 11.8 Å². The summed E-state index contributed by atoms with van der Waals surface area (Å²) >= 11 is 0. The average Bonchev–Trinajstić information content (AvgIpc) is 2.54. The number of hydrogen-bond acceptors (Lipinski definition) is 8. The van der Waals surface area contributed by atoms with Crippen molar-refractivity contribution in [1.29, 1.82) is 0 Å². The minimum absolute atomic E-state index is 0.0371. The van der Waals surface area contributed by atoms with Crippen LogP contribution in [0.1, 0.15) is 0 Å². The number of rotatable bonds is 4. The van der Waals surface area contributed by atoms with Gasteiger partial charge in [0.1, 0.15) is 9.79 Å². The maximum Gasteiger partial charge on any atom is 0.262 e. The molecule has 0 N–H and O–H groups in total. The van der Waals surface area contributed by atoms with Gasteiger partial charge in [0.05, 0.1) is 26.6 Å². The number of hydrogen-bond donors (Lipinski definition) is 0. The third kappa shape index (κ3) is 6.48. The Hall–Kier alpha value is -1.62. The van der Waals surface area contributed by atoms with Crippen molar-refractivity contribution >= 4 is 39.5 Å². The summed E-state index contributed by atoms with van der Waals surface area (Å²) in [6.07, 6.45) is 2.28. The Kier molecular flexibility index (Phi) is 7.21. The van der Waals surface area contributed by atoms with Crippen LogP contribution in [0.2, 0.25) is 0 Å². The molecular formula is C12H12Cl2N2O6S2. The minimum atomic E-state index is -3.67. The fraction of sp³-hybridized carbons (Fsp3) is 0.167. The first-order chi connectivity index (χ1) is 11.1. The zero-order chi connectivity index (χ0) is 18.4. The Morgan fingerprint density at radius 2 is 1.08 bits per heavy atom. The van der Waals surface area contributed by atoms with E-state index in [2.05, 4.69) is 9.97 Å². The molecule has 0 radical (unpaired) electrons. The molecule has 0 bridgehead atoms. The summed E-state index contributed by atoms with van der Waals surface area (Å²) in [7, 11) is 5.63. The molecule has 0 saturated heterocycles. The molecule has 132 valence electrons. The predicted molar refractivity (Wildman–Crippen MR) is 87.7 cm³/mol. The summed E-state index contributed by atoms with van der Waals surface area (Å²) < 4.78 is 52.3. The Morgan fingerprint density at radius 3 is 1.25 bits per heavy atom. The fourth-order valence-corrected chi connectivity index (χ4v) is 2.63. The Labute approximate surface area is 148 Å². The van der Waals surface area contributed by atoms with Crippen LogP contribution in [0.25, 0.3) is 0 Å². The van der Waals surface area contributed by atoms with Gasteiger partial charge < -0.3 is 9.47 Å². The van der Waals surface area contributed by atoms with E-state index in [-0.39, 0.29) is 9.79 Å². The van der Waals surface area contributed by atoms with Crippen LogP contribution in [-0.4, -0.2) is 41.0 Å². The van der Waals surface area contributed by atoms with E-state index >= 15 is 0 Å². The van der Waals surface area contributed by atoms with Gasteiger partial charge in [-0.25, -0.2) is 26.8 Å². The first-order valence-corrected chi connectivity index (χ1v) is 10.6. The lowest BCUT2D eigenvalue weighted by molar-refractivity contribution is 0.397. The van der Waals surface area contributed by atoms with Gasteiger partial charge in [-0.3, -0.25) is 0 Å². The van der Waals surface area contributed by atoms with Gasteiger partial charge in [-0.05, 0) is 12.1 Å². The minimum Gasteiger partial charge on any atom is -0.481 e. The van der Waals surface area contributed by atoms with Crippen LogP contribution in [0.15, 0.2) is 46.5 Å². The number of pyridine rings is 2. The Morgan fingerprint density at radius 1 is 0.750 bits per heavy atom. The lowest BCUT2D eigenvalue weighted by Crippen LogP contribution is -1.93. The molecule has 2 heterocycles. The molecule has 0 spiro atoms. The summed E-state index contributed by atoms with van der Waals surface area (Å²) in [6.45, 7) is 0. The van der Waals surface area contributed by atoms with Crippen LogP contribution in [0.3, 0.4) is 0 Å². The first-order valence-electron chi connectivity index (χ1n) is 5.97. The van der Waals surface area contributed by atoms with E-state index in [1.54, 1.807) is 0 Å². The number of nitrogens with zero attached hydrogens (tertiary/aromatic N) is 2. The summed E-state index contributed by atoms with van der Waals surface area (Å²) in [6, 6.07) is 5.51. The first kappa shape index (κ1) is 20.4. The standard InChI is InChI=1S/2C6H6ClNO3S/c2*1-11-6-3-2-5(4-8-6)12(7,9)10/h2*2-4H,1H3. The summed E-state index contributed by atoms with van der Waals surface area (Å²) in [5, 5.41) is 0. The number of ether oxygens (including phenoxy) is 2. The third-order valence-corrected chi connectivity index (χ3v) is 5.08. The molecule has 0 saturated carbocycles. The lowest BCUT2D eigenvalue weighted by atomic mass is 10.5. The van der Waals surface area contributed by atoms with Crippen LogP contribution in [-0.2, 0) is 18.1 Å². The van der Waals surface area contributed by atoms with E-state index in [4.69, 9.17) is 30.8 Å². The van der Waals surface area contributed by atoms with Crippen molar-refractivity contribution in [3.63, 3.8) is 0 Å². The van der Waals surface area contributed by atoms with E-state index in [0.29, 0.717) is 11.8 Å². The molecule has 0 aliphatic carbocycles. The van der Waals surface area contributed by atoms with E-state index < -0.39 is 18.1 Å². The van der Waals surface area contributed by atoms with Crippen molar-refractivity contribution in [3.05, 3.63) is 36.7 Å². The van der Waals surface area contributed by atoms with E-state index in [1.807, 2.05) is 0 Å². The molecule has 2 aromatic rings. The van der Waals surface area contributed by atoms with Gasteiger partial charge in [0.15, 0.2) is 0 Å². The van der Waals surface area contributed by atoms with Gasteiger partial charge in [0.25, 0.3) is 18.1 Å². The van der Waals surface area contributed by atoms with Crippen molar-refractivity contribution in [2.75, 3.05) is 14.2 Å². The Bertz CT molecular complexity index is 793. The highest BCUT2D eigenvalue weighted by Gasteiger charge is 2.10. The van der Waals surface area contributed by atoms with Gasteiger partial charge >= 0.3 is 0 Å². The molecule has 0 atom stereocenters. The zero-order valence-electron chi connectivity index (χ0n) is 12.4. The highest BCUT2D eigenvalue weighted by atomic mass is 35.7. The van der Waals surface area contributed by atoms with Crippen molar-refractivity contribution in [1.82, 2.24) is 9.97 Å². The largest absolute Gasteiger partial charge is 0.481 e. The molecule has 2 rings (SSSR count). The predicted octanol–water partition coefficient (Wildman–Crippen LogP) is 2.04. The molecule has 0 unspecified atom stereocenters. The topological polar surface area (TPSA) is 113 Å². The molecule has 0 fully saturated rings. The van der Waals surface area contributed by atoms with E-state index in [1.165, 1.54) is 38.5 Å². The fourth-order valence-electron chi connectivity index (χ4n) is 1.26. The number of methoxy groups -OCH3 is 2. The van der Waals surface area contributed by atoms with Gasteiger partial charge in [-0.1, -0.05) is 0 Å². The summed E-state index contributed by atoms with van der Waals surface area (Å²) in [4.78, 5) is 7.28.